The van der Waals surface area contributed by atoms with Crippen LogP contribution in [-0.2, 0) is 4.74 Å². The van der Waals surface area contributed by atoms with Crippen molar-refractivity contribution in [2.75, 3.05) is 35.9 Å². The summed E-state index contributed by atoms with van der Waals surface area (Å²) in [4.78, 5) is 38.5. The number of halogens is 2. The zero-order valence-corrected chi connectivity index (χ0v) is 23.6. The molecule has 2 aromatic carbocycles. The Balaban J connectivity index is 1.16. The number of carbonyl (C=O) groups excluding carboxylic acids is 2. The van der Waals surface area contributed by atoms with Crippen LogP contribution in [0.25, 0.3) is 15.9 Å². The van der Waals surface area contributed by atoms with Crippen LogP contribution < -0.4 is 29.7 Å². The first-order chi connectivity index (χ1) is 21.3. The second-order valence-electron chi connectivity index (χ2n) is 10.4. The number of aromatic nitrogens is 4. The maximum absolute atomic E-state index is 14.0. The molecule has 0 spiro atoms. The van der Waals surface area contributed by atoms with E-state index in [-0.39, 0.29) is 46.1 Å². The van der Waals surface area contributed by atoms with Gasteiger partial charge in [-0.05, 0) is 36.8 Å². The average molecular weight is 622 g/mol. The van der Waals surface area contributed by atoms with Crippen molar-refractivity contribution < 1.29 is 37.3 Å². The molecule has 2 fully saturated rings. The fourth-order valence-corrected chi connectivity index (χ4v) is 6.91. The molecular weight excluding hydrogens is 600 g/mol. The van der Waals surface area contributed by atoms with E-state index in [9.17, 15) is 18.4 Å². The van der Waals surface area contributed by atoms with Crippen LogP contribution in [-0.4, -0.2) is 70.1 Å². The molecule has 3 aliphatic heterocycles. The lowest BCUT2D eigenvalue weighted by molar-refractivity contribution is -0.286. The number of morpholine rings is 1. The van der Waals surface area contributed by atoms with Gasteiger partial charge in [0.25, 0.3) is 11.8 Å². The molecule has 2 unspecified atom stereocenters. The van der Waals surface area contributed by atoms with Crippen LogP contribution in [0.15, 0.2) is 48.9 Å². The number of fused-ring (bicyclic) bond motifs is 5. The van der Waals surface area contributed by atoms with Crippen molar-refractivity contribution >= 4 is 55.5 Å². The lowest BCUT2D eigenvalue weighted by Gasteiger charge is -2.52. The number of thiazole rings is 1. The van der Waals surface area contributed by atoms with Gasteiger partial charge in [-0.15, -0.1) is 8.78 Å². The minimum absolute atomic E-state index is 0.0902. The predicted molar refractivity (Wildman–Crippen MR) is 153 cm³/mol. The lowest BCUT2D eigenvalue weighted by Crippen LogP contribution is -2.64. The molecule has 6 heterocycles. The highest BCUT2D eigenvalue weighted by molar-refractivity contribution is 7.22. The Morgan fingerprint density at radius 1 is 1.07 bits per heavy atom. The minimum atomic E-state index is -3.94. The number of alkyl halides is 2. The van der Waals surface area contributed by atoms with Crippen molar-refractivity contribution in [3.63, 3.8) is 0 Å². The van der Waals surface area contributed by atoms with E-state index in [0.29, 0.717) is 34.8 Å². The first kappa shape index (κ1) is 26.5. The topological polar surface area (TPSA) is 141 Å². The summed E-state index contributed by atoms with van der Waals surface area (Å²) in [5.41, 5.74) is 1.43. The summed E-state index contributed by atoms with van der Waals surface area (Å²) in [5, 5.41) is 10.2. The largest absolute Gasteiger partial charge is 0.586 e. The number of nitrogens with zero attached hydrogens (tertiary/aromatic N) is 5. The van der Waals surface area contributed by atoms with Crippen molar-refractivity contribution in [1.82, 2.24) is 19.6 Å². The van der Waals surface area contributed by atoms with Gasteiger partial charge in [-0.25, -0.2) is 14.5 Å². The third-order valence-corrected chi connectivity index (χ3v) is 8.80. The number of ether oxygens (including phenoxy) is 4. The summed E-state index contributed by atoms with van der Waals surface area (Å²) < 4.78 is 50.3. The Labute approximate surface area is 250 Å². The number of hydrogen-bond acceptors (Lipinski definition) is 11. The van der Waals surface area contributed by atoms with Gasteiger partial charge < -0.3 is 34.5 Å². The summed E-state index contributed by atoms with van der Waals surface area (Å²) in [6, 6.07) is 9.31. The molecule has 224 valence electrons. The van der Waals surface area contributed by atoms with Crippen molar-refractivity contribution in [2.24, 2.45) is 0 Å². The fourth-order valence-electron chi connectivity index (χ4n) is 5.67. The molecule has 16 heteroatoms. The second kappa shape index (κ2) is 9.72. The predicted octanol–water partition coefficient (Wildman–Crippen LogP) is 4.15. The van der Waals surface area contributed by atoms with Crippen LogP contribution >= 0.6 is 11.3 Å². The molecule has 3 aromatic heterocycles. The summed E-state index contributed by atoms with van der Waals surface area (Å²) in [6.07, 6.45) is -0.0275. The monoisotopic (exact) mass is 621 g/mol. The Morgan fingerprint density at radius 2 is 1.86 bits per heavy atom. The number of rotatable bonds is 6. The van der Waals surface area contributed by atoms with Gasteiger partial charge in [-0.1, -0.05) is 11.3 Å². The quantitative estimate of drug-likeness (QED) is 0.284. The van der Waals surface area contributed by atoms with Crippen LogP contribution in [0.1, 0.15) is 27.1 Å². The van der Waals surface area contributed by atoms with Gasteiger partial charge in [0, 0.05) is 6.07 Å². The van der Waals surface area contributed by atoms with E-state index in [2.05, 4.69) is 35.1 Å². The Kier molecular flexibility index (Phi) is 5.86. The van der Waals surface area contributed by atoms with Gasteiger partial charge in [0.15, 0.2) is 22.3 Å². The van der Waals surface area contributed by atoms with E-state index >= 15 is 0 Å². The number of amides is 2. The zero-order valence-electron chi connectivity index (χ0n) is 22.7. The van der Waals surface area contributed by atoms with Gasteiger partial charge in [-0.2, -0.15) is 5.10 Å². The van der Waals surface area contributed by atoms with E-state index in [4.69, 9.17) is 14.5 Å². The number of nitrogens with one attached hydrogen (secondary N) is 2. The van der Waals surface area contributed by atoms with Crippen molar-refractivity contribution in [1.29, 1.82) is 0 Å². The molecule has 44 heavy (non-hydrogen) atoms. The van der Waals surface area contributed by atoms with Crippen LogP contribution in [0.4, 0.5) is 25.3 Å². The molecular formula is C28H21F2N7O6S. The van der Waals surface area contributed by atoms with Crippen molar-refractivity contribution in [3.05, 3.63) is 60.0 Å². The third kappa shape index (κ3) is 4.32. The SMILES string of the molecule is COc1ccc2nc(N3C4COCC3C4)sc2c1C(=O)Nc1cc2c(cc1C(=O)Nc1ccc3ncnn3c1)OC(F)(F)O2. The first-order valence-electron chi connectivity index (χ1n) is 13.5. The lowest BCUT2D eigenvalue weighted by atomic mass is 9.92. The van der Waals surface area contributed by atoms with Gasteiger partial charge in [0.05, 0.1) is 65.8 Å². The molecule has 2 amide bonds. The van der Waals surface area contributed by atoms with Crippen molar-refractivity contribution in [3.8, 4) is 17.2 Å². The number of pyridine rings is 1. The minimum Gasteiger partial charge on any atom is -0.496 e. The molecule has 0 saturated carbocycles. The number of hydrogen-bond donors (Lipinski definition) is 2. The highest BCUT2D eigenvalue weighted by atomic mass is 32.1. The second-order valence-corrected chi connectivity index (χ2v) is 11.4. The highest BCUT2D eigenvalue weighted by Crippen LogP contribution is 2.45. The van der Waals surface area contributed by atoms with Crippen LogP contribution in [0.5, 0.6) is 17.2 Å². The summed E-state index contributed by atoms with van der Waals surface area (Å²) in [5.74, 6) is -1.78. The third-order valence-electron chi connectivity index (χ3n) is 7.69. The highest BCUT2D eigenvalue weighted by Gasteiger charge is 2.45. The molecule has 2 N–H and O–H groups in total. The van der Waals surface area contributed by atoms with E-state index in [1.165, 1.54) is 35.5 Å². The molecule has 2 atom stereocenters. The van der Waals surface area contributed by atoms with Crippen molar-refractivity contribution in [2.45, 2.75) is 24.8 Å². The molecule has 0 aliphatic carbocycles. The maximum Gasteiger partial charge on any atom is 0.586 e. The normalized spacial score (nSPS) is 19.6. The Bertz CT molecular complexity index is 1980. The summed E-state index contributed by atoms with van der Waals surface area (Å²) in [6.45, 7) is 1.23. The fraction of sp³-hybridized carbons (Fsp3) is 0.250. The van der Waals surface area contributed by atoms with Gasteiger partial charge >= 0.3 is 6.29 Å². The molecule has 13 nitrogen and oxygen atoms in total. The Hall–Kier alpha value is -5.09. The summed E-state index contributed by atoms with van der Waals surface area (Å²) in [7, 11) is 1.44. The van der Waals surface area contributed by atoms with Gasteiger partial charge in [-0.3, -0.25) is 9.59 Å². The summed E-state index contributed by atoms with van der Waals surface area (Å²) >= 11 is 1.35. The number of benzene rings is 2. The first-order valence-corrected chi connectivity index (χ1v) is 14.3. The van der Waals surface area contributed by atoms with Gasteiger partial charge in [0.2, 0.25) is 0 Å². The Morgan fingerprint density at radius 3 is 2.64 bits per heavy atom. The van der Waals surface area contributed by atoms with Crippen LogP contribution in [0.3, 0.4) is 0 Å². The van der Waals surface area contributed by atoms with Gasteiger partial charge in [0.1, 0.15) is 17.6 Å². The maximum atomic E-state index is 14.0. The number of carbonyl (C=O) groups is 2. The molecule has 8 rings (SSSR count). The molecule has 5 aromatic rings. The van der Waals surface area contributed by atoms with Crippen LogP contribution in [0.2, 0.25) is 0 Å². The number of anilines is 3. The van der Waals surface area contributed by atoms with E-state index in [1.54, 1.807) is 24.3 Å². The molecule has 2 bridgehead atoms. The zero-order chi connectivity index (χ0) is 30.2. The van der Waals surface area contributed by atoms with E-state index < -0.39 is 18.1 Å². The average Bonchev–Trinajstić information content (AvgIpc) is 3.71. The standard InChI is InChI=1S/C28H21F2N7O6S/c1-40-19-4-3-17-24(44-27(35-17)37-14-6-15(37)11-41-10-14)23(19)26(39)34-18-8-21-20(42-28(29,30)43-21)7-16(18)25(38)33-13-2-5-22-31-12-32-36(22)9-13/h2-5,7-9,12,14-15H,6,10-11H2,1H3,(H,33,38)(H,34,39). The molecule has 3 aliphatic rings. The van der Waals surface area contributed by atoms with E-state index in [0.717, 1.165) is 23.7 Å². The molecule has 2 saturated heterocycles. The number of methoxy groups -OCH3 is 1. The smallest absolute Gasteiger partial charge is 0.496 e. The van der Waals surface area contributed by atoms with Crippen LogP contribution in [0, 0.1) is 0 Å². The molecule has 0 radical (unpaired) electrons. The van der Waals surface area contributed by atoms with E-state index in [1.807, 2.05) is 0 Å².